The highest BCUT2D eigenvalue weighted by Crippen LogP contribution is 2.21. The van der Waals surface area contributed by atoms with Crippen LogP contribution in [0.15, 0.2) is 0 Å². The largest absolute Gasteiger partial charge is 0.480 e. The Bertz CT molecular complexity index is 469. The molecule has 7 nitrogen and oxygen atoms in total. The van der Waals surface area contributed by atoms with Crippen molar-refractivity contribution in [3.05, 3.63) is 0 Å². The first-order valence-corrected chi connectivity index (χ1v) is 8.67. The summed E-state index contributed by atoms with van der Waals surface area (Å²) in [6.07, 6.45) is -0.611. The van der Waals surface area contributed by atoms with Crippen molar-refractivity contribution >= 4 is 17.8 Å². The van der Waals surface area contributed by atoms with Gasteiger partial charge in [-0.2, -0.15) is 0 Å². The number of aliphatic hydroxyl groups is 1. The van der Waals surface area contributed by atoms with Crippen molar-refractivity contribution in [2.75, 3.05) is 0 Å². The zero-order chi connectivity index (χ0) is 19.9. The fourth-order valence-electron chi connectivity index (χ4n) is 2.58. The molecule has 0 radical (unpaired) electrons. The molecule has 4 unspecified atom stereocenters. The molecule has 146 valence electrons. The lowest BCUT2D eigenvalue weighted by Crippen LogP contribution is -2.48. The summed E-state index contributed by atoms with van der Waals surface area (Å²) in [6.45, 7) is 12.5. The topological polar surface area (TPSA) is 113 Å². The van der Waals surface area contributed by atoms with Crippen LogP contribution in [0.5, 0.6) is 0 Å². The van der Waals surface area contributed by atoms with Crippen LogP contribution in [-0.4, -0.2) is 45.8 Å². The fourth-order valence-corrected chi connectivity index (χ4v) is 2.58. The lowest BCUT2D eigenvalue weighted by molar-refractivity contribution is -0.158. The van der Waals surface area contributed by atoms with E-state index < -0.39 is 47.9 Å². The highest BCUT2D eigenvalue weighted by atomic mass is 16.6. The van der Waals surface area contributed by atoms with Crippen LogP contribution >= 0.6 is 0 Å². The summed E-state index contributed by atoms with van der Waals surface area (Å²) in [5.41, 5.74) is -0.736. The highest BCUT2D eigenvalue weighted by Gasteiger charge is 2.32. The minimum absolute atomic E-state index is 0.102. The van der Waals surface area contributed by atoms with Gasteiger partial charge < -0.3 is 20.3 Å². The van der Waals surface area contributed by atoms with Gasteiger partial charge >= 0.3 is 11.9 Å². The van der Waals surface area contributed by atoms with E-state index in [1.807, 2.05) is 20.8 Å². The van der Waals surface area contributed by atoms with Gasteiger partial charge in [0.25, 0.3) is 0 Å². The average molecular weight is 359 g/mol. The quantitative estimate of drug-likeness (QED) is 0.543. The van der Waals surface area contributed by atoms with Gasteiger partial charge in [-0.1, -0.05) is 27.7 Å². The van der Waals surface area contributed by atoms with Gasteiger partial charge in [-0.3, -0.25) is 9.59 Å². The molecule has 0 fully saturated rings. The summed E-state index contributed by atoms with van der Waals surface area (Å²) in [5, 5.41) is 21.8. The van der Waals surface area contributed by atoms with E-state index in [2.05, 4.69) is 5.32 Å². The van der Waals surface area contributed by atoms with E-state index in [9.17, 15) is 24.6 Å². The molecule has 0 bridgehead atoms. The van der Waals surface area contributed by atoms with E-state index in [1.165, 1.54) is 0 Å². The van der Waals surface area contributed by atoms with E-state index >= 15 is 0 Å². The zero-order valence-electron chi connectivity index (χ0n) is 16.3. The monoisotopic (exact) mass is 359 g/mol. The van der Waals surface area contributed by atoms with Crippen molar-refractivity contribution in [3.63, 3.8) is 0 Å². The van der Waals surface area contributed by atoms with Crippen LogP contribution in [0, 0.1) is 17.8 Å². The van der Waals surface area contributed by atoms with Crippen molar-refractivity contribution in [3.8, 4) is 0 Å². The molecular formula is C18H33NO6. The number of carbonyl (C=O) groups excluding carboxylic acids is 2. The van der Waals surface area contributed by atoms with Crippen LogP contribution in [0.1, 0.15) is 61.3 Å². The number of rotatable bonds is 9. The Morgan fingerprint density at radius 2 is 1.60 bits per heavy atom. The lowest BCUT2D eigenvalue weighted by Gasteiger charge is -2.27. The first kappa shape index (κ1) is 23.4. The van der Waals surface area contributed by atoms with Crippen molar-refractivity contribution in [1.82, 2.24) is 5.32 Å². The maximum Gasteiger partial charge on any atom is 0.326 e. The Morgan fingerprint density at radius 1 is 1.08 bits per heavy atom. The molecular weight excluding hydrogens is 326 g/mol. The summed E-state index contributed by atoms with van der Waals surface area (Å²) in [5.74, 6) is -3.14. The molecule has 0 aliphatic carbocycles. The van der Waals surface area contributed by atoms with Crippen LogP contribution in [0.2, 0.25) is 0 Å². The second kappa shape index (κ2) is 9.75. The van der Waals surface area contributed by atoms with Crippen LogP contribution in [-0.2, 0) is 19.1 Å². The number of aliphatic hydroxyl groups excluding tert-OH is 1. The first-order valence-electron chi connectivity index (χ1n) is 8.67. The number of ether oxygens (including phenoxy) is 1. The number of carbonyl (C=O) groups is 3. The first-order chi connectivity index (χ1) is 11.2. The molecule has 0 heterocycles. The van der Waals surface area contributed by atoms with Crippen LogP contribution in [0.3, 0.4) is 0 Å². The minimum atomic E-state index is -1.39. The van der Waals surface area contributed by atoms with E-state index in [-0.39, 0.29) is 5.92 Å². The van der Waals surface area contributed by atoms with Crippen molar-refractivity contribution < 1.29 is 29.3 Å². The van der Waals surface area contributed by atoms with Gasteiger partial charge in [0.15, 0.2) is 0 Å². The number of carboxylic acids is 1. The lowest BCUT2D eigenvalue weighted by atomic mass is 9.87. The number of esters is 1. The molecule has 0 saturated carbocycles. The molecule has 0 aromatic heterocycles. The second-order valence-corrected chi connectivity index (χ2v) is 8.08. The Hall–Kier alpha value is -1.63. The number of aliphatic carboxylic acids is 1. The van der Waals surface area contributed by atoms with Crippen molar-refractivity contribution in [1.29, 1.82) is 0 Å². The van der Waals surface area contributed by atoms with Crippen LogP contribution in [0.25, 0.3) is 0 Å². The number of carboxylic acid groups (broad SMARTS) is 1. The average Bonchev–Trinajstić information content (AvgIpc) is 2.41. The third-order valence-corrected chi connectivity index (χ3v) is 3.76. The molecule has 0 aliphatic heterocycles. The molecule has 0 spiro atoms. The van der Waals surface area contributed by atoms with Crippen molar-refractivity contribution in [2.24, 2.45) is 17.8 Å². The normalized spacial score (nSPS) is 16.7. The number of hydrogen-bond donors (Lipinski definition) is 3. The van der Waals surface area contributed by atoms with E-state index in [1.54, 1.807) is 27.7 Å². The molecule has 0 saturated heterocycles. The maximum absolute atomic E-state index is 12.3. The van der Waals surface area contributed by atoms with Crippen LogP contribution < -0.4 is 5.32 Å². The molecule has 0 aliphatic rings. The van der Waals surface area contributed by atoms with Gasteiger partial charge in [0, 0.05) is 0 Å². The van der Waals surface area contributed by atoms with Gasteiger partial charge in [-0.05, 0) is 39.0 Å². The molecule has 25 heavy (non-hydrogen) atoms. The minimum Gasteiger partial charge on any atom is -0.480 e. The zero-order valence-corrected chi connectivity index (χ0v) is 16.3. The third-order valence-electron chi connectivity index (χ3n) is 3.76. The summed E-state index contributed by atoms with van der Waals surface area (Å²) in [6, 6.07) is -1.39. The summed E-state index contributed by atoms with van der Waals surface area (Å²) < 4.78 is 5.09. The predicted molar refractivity (Wildman–Crippen MR) is 93.8 cm³/mol. The predicted octanol–water partition coefficient (Wildman–Crippen LogP) is 1.97. The second-order valence-electron chi connectivity index (χ2n) is 8.08. The molecule has 1 amide bonds. The van der Waals surface area contributed by atoms with Gasteiger partial charge in [0.1, 0.15) is 11.6 Å². The summed E-state index contributed by atoms with van der Waals surface area (Å²) in [7, 11) is 0. The van der Waals surface area contributed by atoms with Gasteiger partial charge in [0.05, 0.1) is 18.4 Å². The SMILES string of the molecule is CC(C)CC(C)C(O)C(C)C(=O)NC(CC(=O)OC(C)(C)C)C(=O)O. The van der Waals surface area contributed by atoms with Crippen LogP contribution in [0.4, 0.5) is 0 Å². The number of hydrogen-bond acceptors (Lipinski definition) is 5. The Labute approximate surface area is 150 Å². The van der Waals surface area contributed by atoms with E-state index in [0.29, 0.717) is 5.92 Å². The Morgan fingerprint density at radius 3 is 2.00 bits per heavy atom. The number of nitrogens with one attached hydrogen (secondary N) is 1. The van der Waals surface area contributed by atoms with Crippen molar-refractivity contribution in [2.45, 2.75) is 79.1 Å². The molecule has 7 heteroatoms. The molecule has 0 rings (SSSR count). The highest BCUT2D eigenvalue weighted by molar-refractivity contribution is 5.88. The summed E-state index contributed by atoms with van der Waals surface area (Å²) >= 11 is 0. The molecule has 4 atom stereocenters. The number of amides is 1. The standard InChI is InChI=1S/C18H33NO6/c1-10(2)8-11(3)15(21)12(4)16(22)19-13(17(23)24)9-14(20)25-18(5,6)7/h10-13,15,21H,8-9H2,1-7H3,(H,19,22)(H,23,24). The molecule has 3 N–H and O–H groups in total. The fraction of sp³-hybridized carbons (Fsp3) is 0.833. The maximum atomic E-state index is 12.3. The third kappa shape index (κ3) is 9.43. The molecule has 0 aromatic rings. The Kier molecular flexibility index (Phi) is 9.11. The smallest absolute Gasteiger partial charge is 0.326 e. The molecule has 0 aromatic carbocycles. The van der Waals surface area contributed by atoms with Gasteiger partial charge in [0.2, 0.25) is 5.91 Å². The Balaban J connectivity index is 4.83. The van der Waals surface area contributed by atoms with Gasteiger partial charge in [-0.25, -0.2) is 4.79 Å². The van der Waals surface area contributed by atoms with E-state index in [4.69, 9.17) is 4.74 Å². The van der Waals surface area contributed by atoms with E-state index in [0.717, 1.165) is 6.42 Å². The van der Waals surface area contributed by atoms with Gasteiger partial charge in [-0.15, -0.1) is 0 Å². The summed E-state index contributed by atoms with van der Waals surface area (Å²) in [4.78, 5) is 35.4.